The molecule has 0 bridgehead atoms. The predicted octanol–water partition coefficient (Wildman–Crippen LogP) is 2.29. The Labute approximate surface area is 190 Å². The van der Waals surface area contributed by atoms with Gasteiger partial charge in [0, 0.05) is 31.7 Å². The minimum absolute atomic E-state index is 0.0230. The van der Waals surface area contributed by atoms with Crippen molar-refractivity contribution in [1.29, 1.82) is 0 Å². The van der Waals surface area contributed by atoms with Crippen molar-refractivity contribution in [2.24, 2.45) is 5.92 Å². The van der Waals surface area contributed by atoms with Crippen LogP contribution in [0, 0.1) is 24.5 Å². The SMILES string of the molecule is Cc1ccc(N2CC(C(=O)Nc3ccc(F)c(S(=O)(=O)N4CCOCC4)c3)CC2=O)c(F)c1. The molecule has 2 saturated heterocycles. The van der Waals surface area contributed by atoms with Crippen LogP contribution in [0.5, 0.6) is 0 Å². The number of morpholine rings is 1. The first-order chi connectivity index (χ1) is 15.7. The molecule has 11 heteroatoms. The number of sulfonamides is 1. The van der Waals surface area contributed by atoms with Crippen molar-refractivity contribution < 1.29 is 31.5 Å². The summed E-state index contributed by atoms with van der Waals surface area (Å²) in [5.74, 6) is -3.20. The van der Waals surface area contributed by atoms with Crippen LogP contribution in [0.25, 0.3) is 0 Å². The highest BCUT2D eigenvalue weighted by Gasteiger charge is 2.36. The molecule has 2 aliphatic heterocycles. The predicted molar refractivity (Wildman–Crippen MR) is 116 cm³/mol. The van der Waals surface area contributed by atoms with Gasteiger partial charge >= 0.3 is 0 Å². The molecule has 2 aromatic rings. The first kappa shape index (κ1) is 23.3. The summed E-state index contributed by atoms with van der Waals surface area (Å²) in [6.07, 6.45) is -0.126. The van der Waals surface area contributed by atoms with Crippen molar-refractivity contribution in [3.05, 3.63) is 53.6 Å². The fourth-order valence-corrected chi connectivity index (χ4v) is 5.39. The lowest BCUT2D eigenvalue weighted by atomic mass is 10.1. The van der Waals surface area contributed by atoms with Gasteiger partial charge in [0.05, 0.1) is 24.8 Å². The molecule has 0 radical (unpaired) electrons. The van der Waals surface area contributed by atoms with Crippen LogP contribution in [0.15, 0.2) is 41.3 Å². The zero-order valence-electron chi connectivity index (χ0n) is 17.9. The third-order valence-corrected chi connectivity index (χ3v) is 7.59. The number of benzene rings is 2. The van der Waals surface area contributed by atoms with Gasteiger partial charge in [-0.3, -0.25) is 9.59 Å². The average Bonchev–Trinajstić information content (AvgIpc) is 3.17. The molecule has 2 aromatic carbocycles. The van der Waals surface area contributed by atoms with Crippen LogP contribution in [-0.2, 0) is 24.3 Å². The van der Waals surface area contributed by atoms with Gasteiger partial charge in [0.15, 0.2) is 0 Å². The number of rotatable bonds is 5. The summed E-state index contributed by atoms with van der Waals surface area (Å²) in [5.41, 5.74) is 0.888. The van der Waals surface area contributed by atoms with Gasteiger partial charge in [-0.2, -0.15) is 4.31 Å². The number of halogens is 2. The lowest BCUT2D eigenvalue weighted by Gasteiger charge is -2.26. The average molecular weight is 480 g/mol. The number of carbonyl (C=O) groups excluding carboxylic acids is 2. The normalized spacial score (nSPS) is 19.7. The number of nitrogens with one attached hydrogen (secondary N) is 1. The molecule has 8 nitrogen and oxygen atoms in total. The molecule has 2 fully saturated rings. The third-order valence-electron chi connectivity index (χ3n) is 5.68. The Kier molecular flexibility index (Phi) is 6.46. The van der Waals surface area contributed by atoms with Gasteiger partial charge in [0.2, 0.25) is 21.8 Å². The number of ether oxygens (including phenoxy) is 1. The van der Waals surface area contributed by atoms with E-state index in [2.05, 4.69) is 5.32 Å². The molecule has 0 saturated carbocycles. The molecular weight excluding hydrogens is 456 g/mol. The smallest absolute Gasteiger partial charge is 0.246 e. The van der Waals surface area contributed by atoms with E-state index in [1.54, 1.807) is 13.0 Å². The quantitative estimate of drug-likeness (QED) is 0.710. The maximum atomic E-state index is 14.4. The summed E-state index contributed by atoms with van der Waals surface area (Å²) in [6.45, 7) is 2.34. The molecule has 1 unspecified atom stereocenters. The highest BCUT2D eigenvalue weighted by atomic mass is 32.2. The van der Waals surface area contributed by atoms with E-state index in [9.17, 15) is 26.8 Å². The van der Waals surface area contributed by atoms with Crippen LogP contribution in [0.4, 0.5) is 20.2 Å². The largest absolute Gasteiger partial charge is 0.379 e. The molecule has 4 rings (SSSR count). The highest BCUT2D eigenvalue weighted by molar-refractivity contribution is 7.89. The molecule has 33 heavy (non-hydrogen) atoms. The van der Waals surface area contributed by atoms with Gasteiger partial charge in [0.25, 0.3) is 0 Å². The van der Waals surface area contributed by atoms with Crippen LogP contribution in [0.3, 0.4) is 0 Å². The molecular formula is C22H23F2N3O5S. The zero-order chi connectivity index (χ0) is 23.8. The molecule has 0 spiro atoms. The molecule has 176 valence electrons. The Bertz CT molecular complexity index is 1200. The van der Waals surface area contributed by atoms with Crippen molar-refractivity contribution in [1.82, 2.24) is 4.31 Å². The van der Waals surface area contributed by atoms with E-state index in [-0.39, 0.29) is 50.6 Å². The molecule has 0 aliphatic carbocycles. The number of aryl methyl sites for hydroxylation is 1. The van der Waals surface area contributed by atoms with Crippen molar-refractivity contribution in [3.63, 3.8) is 0 Å². The molecule has 0 aromatic heterocycles. The topological polar surface area (TPSA) is 96.0 Å². The second-order valence-corrected chi connectivity index (χ2v) is 9.92. The summed E-state index contributed by atoms with van der Waals surface area (Å²) < 4.78 is 60.6. The number of anilines is 2. The van der Waals surface area contributed by atoms with Crippen LogP contribution in [0.2, 0.25) is 0 Å². The maximum absolute atomic E-state index is 14.4. The molecule has 2 amide bonds. The van der Waals surface area contributed by atoms with E-state index in [4.69, 9.17) is 4.74 Å². The lowest BCUT2D eigenvalue weighted by Crippen LogP contribution is -2.41. The second kappa shape index (κ2) is 9.16. The molecule has 2 heterocycles. The Morgan fingerprint density at radius 3 is 2.52 bits per heavy atom. The monoisotopic (exact) mass is 479 g/mol. The number of hydrogen-bond donors (Lipinski definition) is 1. The van der Waals surface area contributed by atoms with Crippen LogP contribution >= 0.6 is 0 Å². The Hall–Kier alpha value is -2.89. The summed E-state index contributed by atoms with van der Waals surface area (Å²) in [4.78, 5) is 25.9. The van der Waals surface area contributed by atoms with Crippen molar-refractivity contribution in [2.75, 3.05) is 43.1 Å². The second-order valence-electron chi connectivity index (χ2n) is 8.01. The zero-order valence-corrected chi connectivity index (χ0v) is 18.7. The van der Waals surface area contributed by atoms with Gasteiger partial charge in [-0.1, -0.05) is 6.07 Å². The van der Waals surface area contributed by atoms with E-state index in [0.29, 0.717) is 5.56 Å². The Morgan fingerprint density at radius 2 is 1.82 bits per heavy atom. The molecule has 2 aliphatic rings. The van der Waals surface area contributed by atoms with Gasteiger partial charge < -0.3 is 15.0 Å². The number of nitrogens with zero attached hydrogens (tertiary/aromatic N) is 2. The fraction of sp³-hybridized carbons (Fsp3) is 0.364. The minimum atomic E-state index is -4.11. The van der Waals surface area contributed by atoms with Gasteiger partial charge in [0.1, 0.15) is 16.5 Å². The molecule has 1 atom stereocenters. The highest BCUT2D eigenvalue weighted by Crippen LogP contribution is 2.29. The van der Waals surface area contributed by atoms with Crippen LogP contribution in [0.1, 0.15) is 12.0 Å². The number of amides is 2. The van der Waals surface area contributed by atoms with E-state index >= 15 is 0 Å². The summed E-state index contributed by atoms with van der Waals surface area (Å²) in [6, 6.07) is 7.76. The van der Waals surface area contributed by atoms with E-state index in [0.717, 1.165) is 16.4 Å². The van der Waals surface area contributed by atoms with Gasteiger partial charge in [-0.25, -0.2) is 17.2 Å². The van der Waals surface area contributed by atoms with E-state index < -0.39 is 44.3 Å². The maximum Gasteiger partial charge on any atom is 0.246 e. The summed E-state index contributed by atoms with van der Waals surface area (Å²) >= 11 is 0. The van der Waals surface area contributed by atoms with Crippen molar-refractivity contribution >= 4 is 33.2 Å². The Morgan fingerprint density at radius 1 is 1.09 bits per heavy atom. The number of carbonyl (C=O) groups is 2. The van der Waals surface area contributed by atoms with E-state index in [1.165, 1.54) is 23.1 Å². The van der Waals surface area contributed by atoms with Crippen LogP contribution < -0.4 is 10.2 Å². The third kappa shape index (κ3) is 4.75. The van der Waals surface area contributed by atoms with E-state index in [1.807, 2.05) is 0 Å². The summed E-state index contributed by atoms with van der Waals surface area (Å²) in [5, 5.41) is 2.56. The fourth-order valence-electron chi connectivity index (χ4n) is 3.90. The first-order valence-electron chi connectivity index (χ1n) is 10.4. The van der Waals surface area contributed by atoms with Crippen LogP contribution in [-0.4, -0.2) is 57.4 Å². The first-order valence-corrected chi connectivity index (χ1v) is 11.9. The molecule has 1 N–H and O–H groups in total. The standard InChI is InChI=1S/C22H23F2N3O5S/c1-14-2-5-19(18(24)10-14)27-13-15(11-21(27)28)22(29)25-16-3-4-17(23)20(12-16)33(30,31)26-6-8-32-9-7-26/h2-5,10,12,15H,6-9,11,13H2,1H3,(H,25,29). The minimum Gasteiger partial charge on any atom is -0.379 e. The number of hydrogen-bond acceptors (Lipinski definition) is 5. The van der Waals surface area contributed by atoms with Gasteiger partial charge in [-0.15, -0.1) is 0 Å². The Balaban J connectivity index is 1.50. The van der Waals surface area contributed by atoms with Crippen molar-refractivity contribution in [3.8, 4) is 0 Å². The van der Waals surface area contributed by atoms with Crippen molar-refractivity contribution in [2.45, 2.75) is 18.2 Å². The van der Waals surface area contributed by atoms with Gasteiger partial charge in [-0.05, 0) is 42.8 Å². The summed E-state index contributed by atoms with van der Waals surface area (Å²) in [7, 11) is -4.11. The lowest BCUT2D eigenvalue weighted by molar-refractivity contribution is -0.122.